The van der Waals surface area contributed by atoms with Gasteiger partial charge in [0.25, 0.3) is 0 Å². The fourth-order valence-corrected chi connectivity index (χ4v) is 7.08. The van der Waals surface area contributed by atoms with Crippen molar-refractivity contribution >= 4 is 16.8 Å². The van der Waals surface area contributed by atoms with Crippen molar-refractivity contribution in [3.05, 3.63) is 124 Å². The van der Waals surface area contributed by atoms with Crippen LogP contribution in [0.1, 0.15) is 61.4 Å². The monoisotopic (exact) mass is 618 g/mol. The van der Waals surface area contributed by atoms with E-state index in [9.17, 15) is 0 Å². The summed E-state index contributed by atoms with van der Waals surface area (Å²) in [7, 11) is 3.26. The van der Waals surface area contributed by atoms with Crippen molar-refractivity contribution in [2.24, 2.45) is 0 Å². The van der Waals surface area contributed by atoms with Gasteiger partial charge in [0.1, 0.15) is 34.6 Å². The number of rotatable bonds is 8. The predicted molar refractivity (Wildman–Crippen MR) is 178 cm³/mol. The van der Waals surface area contributed by atoms with Gasteiger partial charge in [0.2, 0.25) is 0 Å². The maximum atomic E-state index is 16.1. The highest BCUT2D eigenvalue weighted by atomic mass is 19.1. The van der Waals surface area contributed by atoms with E-state index in [1.807, 2.05) is 78.9 Å². The fourth-order valence-electron chi connectivity index (χ4n) is 7.08. The van der Waals surface area contributed by atoms with Crippen LogP contribution in [0.2, 0.25) is 0 Å². The Labute approximate surface area is 268 Å². The number of benzene rings is 5. The van der Waals surface area contributed by atoms with Crippen LogP contribution in [0.4, 0.5) is 8.78 Å². The summed E-state index contributed by atoms with van der Waals surface area (Å²) >= 11 is 0. The molecule has 7 rings (SSSR count). The van der Waals surface area contributed by atoms with E-state index in [-0.39, 0.29) is 5.39 Å². The summed E-state index contributed by atoms with van der Waals surface area (Å²) in [6, 6.07) is 23.8. The van der Waals surface area contributed by atoms with E-state index in [1.165, 1.54) is 6.07 Å². The van der Waals surface area contributed by atoms with Gasteiger partial charge in [0, 0.05) is 28.2 Å². The van der Waals surface area contributed by atoms with E-state index in [0.717, 1.165) is 69.4 Å². The molecule has 0 amide bonds. The third-order valence-electron chi connectivity index (χ3n) is 9.43. The van der Waals surface area contributed by atoms with Crippen LogP contribution < -0.4 is 18.9 Å². The first-order valence-corrected chi connectivity index (χ1v) is 15.7. The third kappa shape index (κ3) is 4.53. The highest BCUT2D eigenvalue weighted by Gasteiger charge is 2.45. The molecule has 0 saturated heterocycles. The Kier molecular flexibility index (Phi) is 7.27. The molecular formula is C40H36F2O4. The van der Waals surface area contributed by atoms with Crippen molar-refractivity contribution in [1.82, 2.24) is 0 Å². The van der Waals surface area contributed by atoms with Crippen LogP contribution in [0.3, 0.4) is 0 Å². The normalized spacial score (nSPS) is 17.2. The first-order valence-electron chi connectivity index (χ1n) is 15.7. The predicted octanol–water partition coefficient (Wildman–Crippen LogP) is 9.97. The Morgan fingerprint density at radius 3 is 2.09 bits per heavy atom. The minimum absolute atomic E-state index is 0.247. The second-order valence-electron chi connectivity index (χ2n) is 12.5. The molecular weight excluding hydrogens is 582 g/mol. The van der Waals surface area contributed by atoms with Crippen LogP contribution in [0.25, 0.3) is 28.0 Å². The number of ether oxygens (including phenoxy) is 4. The van der Waals surface area contributed by atoms with E-state index < -0.39 is 22.7 Å². The van der Waals surface area contributed by atoms with Crippen molar-refractivity contribution < 1.29 is 27.7 Å². The zero-order chi connectivity index (χ0) is 32.2. The summed E-state index contributed by atoms with van der Waals surface area (Å²) in [5.74, 6) is 1.26. The largest absolute Gasteiger partial charge is 0.497 e. The standard InChI is InChI=1S/C40H36F2O4/c1-6-7-20-45-28-14-10-25(11-15-28)40(24-8-12-27(43-4)13-9-24)19-18-31-37-35(30-17-16-29(44-5)23-33(30)39(37,2)3)32-21-26(41)22-34(42)36(32)38(31)46-40/h8-19,21-23H,6-7,20H2,1-5H3. The van der Waals surface area contributed by atoms with Crippen molar-refractivity contribution in [3.63, 3.8) is 0 Å². The topological polar surface area (TPSA) is 36.9 Å². The molecule has 46 heavy (non-hydrogen) atoms. The molecule has 0 fully saturated rings. The quantitative estimate of drug-likeness (QED) is 0.162. The average Bonchev–Trinajstić information content (AvgIpc) is 3.31. The Hall–Kier alpha value is -4.84. The van der Waals surface area contributed by atoms with Crippen LogP contribution in [0.5, 0.6) is 23.0 Å². The molecule has 2 aliphatic rings. The lowest BCUT2D eigenvalue weighted by molar-refractivity contribution is 0.162. The molecule has 0 bridgehead atoms. The third-order valence-corrected chi connectivity index (χ3v) is 9.43. The lowest BCUT2D eigenvalue weighted by Gasteiger charge is -2.38. The van der Waals surface area contributed by atoms with Gasteiger partial charge >= 0.3 is 0 Å². The van der Waals surface area contributed by atoms with E-state index in [4.69, 9.17) is 18.9 Å². The zero-order valence-corrected chi connectivity index (χ0v) is 26.7. The maximum Gasteiger partial charge on any atom is 0.178 e. The Morgan fingerprint density at radius 1 is 0.783 bits per heavy atom. The van der Waals surface area contributed by atoms with Gasteiger partial charge in [-0.15, -0.1) is 0 Å². The van der Waals surface area contributed by atoms with E-state index in [1.54, 1.807) is 14.2 Å². The molecule has 0 radical (unpaired) electrons. The number of halogens is 2. The molecule has 0 saturated carbocycles. The minimum Gasteiger partial charge on any atom is -0.497 e. The Morgan fingerprint density at radius 2 is 1.43 bits per heavy atom. The molecule has 1 heterocycles. The van der Waals surface area contributed by atoms with Crippen molar-refractivity contribution in [2.45, 2.75) is 44.6 Å². The molecule has 1 unspecified atom stereocenters. The number of methoxy groups -OCH3 is 2. The lowest BCUT2D eigenvalue weighted by Crippen LogP contribution is -2.35. The molecule has 234 valence electrons. The van der Waals surface area contributed by atoms with Gasteiger partial charge in [-0.2, -0.15) is 0 Å². The summed E-state index contributed by atoms with van der Waals surface area (Å²) in [5.41, 5.74) is 4.54. The zero-order valence-electron chi connectivity index (χ0n) is 26.7. The van der Waals surface area contributed by atoms with E-state index in [0.29, 0.717) is 23.5 Å². The first-order chi connectivity index (χ1) is 22.2. The van der Waals surface area contributed by atoms with Crippen LogP contribution >= 0.6 is 0 Å². The van der Waals surface area contributed by atoms with Gasteiger partial charge < -0.3 is 18.9 Å². The van der Waals surface area contributed by atoms with Gasteiger partial charge in [-0.1, -0.05) is 63.6 Å². The highest BCUT2D eigenvalue weighted by molar-refractivity contribution is 6.08. The maximum absolute atomic E-state index is 16.1. The van der Waals surface area contributed by atoms with Crippen LogP contribution in [0.15, 0.2) is 84.9 Å². The first kappa shape index (κ1) is 29.8. The summed E-state index contributed by atoms with van der Waals surface area (Å²) in [5, 5.41) is 0.721. The Bertz CT molecular complexity index is 1990. The van der Waals surface area contributed by atoms with Crippen LogP contribution in [-0.2, 0) is 11.0 Å². The molecule has 1 aliphatic carbocycles. The molecule has 0 N–H and O–H groups in total. The van der Waals surface area contributed by atoms with Gasteiger partial charge in [0.05, 0.1) is 26.2 Å². The summed E-state index contributed by atoms with van der Waals surface area (Å²) in [6.45, 7) is 7.04. The summed E-state index contributed by atoms with van der Waals surface area (Å²) < 4.78 is 55.3. The SMILES string of the molecule is CCCCOc1ccc(C2(c3ccc(OC)cc3)C=Cc3c4c(c5cc(F)cc(F)c5c3O2)-c2ccc(OC)cc2C4(C)C)cc1. The van der Waals surface area contributed by atoms with Crippen LogP contribution in [0, 0.1) is 11.6 Å². The number of hydrogen-bond donors (Lipinski definition) is 0. The molecule has 5 aromatic carbocycles. The van der Waals surface area contributed by atoms with Gasteiger partial charge in [-0.3, -0.25) is 0 Å². The van der Waals surface area contributed by atoms with Gasteiger partial charge in [-0.25, -0.2) is 8.78 Å². The highest BCUT2D eigenvalue weighted by Crippen LogP contribution is 2.59. The van der Waals surface area contributed by atoms with E-state index >= 15 is 8.78 Å². The number of fused-ring (bicyclic) bond motifs is 8. The molecule has 0 aromatic heterocycles. The van der Waals surface area contributed by atoms with Crippen molar-refractivity contribution in [2.75, 3.05) is 20.8 Å². The van der Waals surface area contributed by atoms with Crippen LogP contribution in [-0.4, -0.2) is 20.8 Å². The molecule has 5 aromatic rings. The lowest BCUT2D eigenvalue weighted by atomic mass is 9.76. The minimum atomic E-state index is -1.12. The number of unbranched alkanes of at least 4 members (excludes halogenated alkanes) is 1. The van der Waals surface area contributed by atoms with Gasteiger partial charge in [-0.05, 0) is 82.6 Å². The fraction of sp³-hybridized carbons (Fsp3) is 0.250. The second kappa shape index (κ2) is 11.2. The van der Waals surface area contributed by atoms with E-state index in [2.05, 4.69) is 20.8 Å². The van der Waals surface area contributed by atoms with Crippen molar-refractivity contribution in [1.29, 1.82) is 0 Å². The molecule has 4 nitrogen and oxygen atoms in total. The van der Waals surface area contributed by atoms with Gasteiger partial charge in [0.15, 0.2) is 5.60 Å². The average molecular weight is 619 g/mol. The summed E-state index contributed by atoms with van der Waals surface area (Å²) in [6.07, 6.45) is 6.10. The summed E-state index contributed by atoms with van der Waals surface area (Å²) in [4.78, 5) is 0. The molecule has 1 aliphatic heterocycles. The molecule has 6 heteroatoms. The molecule has 0 spiro atoms. The second-order valence-corrected chi connectivity index (χ2v) is 12.5. The smallest absolute Gasteiger partial charge is 0.178 e. The number of hydrogen-bond acceptors (Lipinski definition) is 4. The van der Waals surface area contributed by atoms with Crippen molar-refractivity contribution in [3.8, 4) is 34.1 Å². The molecule has 1 atom stereocenters. The Balaban J connectivity index is 1.49.